The minimum Gasteiger partial charge on any atom is -0.365 e. The monoisotopic (exact) mass is 306 g/mol. The molecule has 0 radical (unpaired) electrons. The van der Waals surface area contributed by atoms with Gasteiger partial charge in [-0.05, 0) is 25.0 Å². The molecular formula is C14H15ClN4O2. The van der Waals surface area contributed by atoms with Crippen LogP contribution < -0.4 is 4.90 Å². The van der Waals surface area contributed by atoms with Crippen molar-refractivity contribution in [3.8, 4) is 0 Å². The van der Waals surface area contributed by atoms with Crippen molar-refractivity contribution in [3.63, 3.8) is 0 Å². The van der Waals surface area contributed by atoms with Crippen LogP contribution in [-0.4, -0.2) is 28.0 Å². The van der Waals surface area contributed by atoms with E-state index in [-0.39, 0.29) is 16.5 Å². The third-order valence-electron chi connectivity index (χ3n) is 3.80. The Morgan fingerprint density at radius 2 is 2.33 bits per heavy atom. The number of imidazole rings is 1. The number of hydrogen-bond acceptors (Lipinski definition) is 4. The van der Waals surface area contributed by atoms with Crippen LogP contribution in [0.25, 0.3) is 0 Å². The van der Waals surface area contributed by atoms with Crippen molar-refractivity contribution in [3.05, 3.63) is 51.6 Å². The van der Waals surface area contributed by atoms with Gasteiger partial charge in [0.15, 0.2) is 0 Å². The van der Waals surface area contributed by atoms with E-state index < -0.39 is 0 Å². The van der Waals surface area contributed by atoms with Gasteiger partial charge in [-0.15, -0.1) is 0 Å². The average Bonchev–Trinajstić information content (AvgIpc) is 3.01. The minimum absolute atomic E-state index is 0.0580. The summed E-state index contributed by atoms with van der Waals surface area (Å²) in [5, 5.41) is 11.6. The molecule has 1 N–H and O–H groups in total. The molecule has 0 aliphatic carbocycles. The number of nitro benzene ring substituents is 1. The zero-order chi connectivity index (χ0) is 14.8. The molecule has 1 saturated heterocycles. The Balaban J connectivity index is 1.88. The van der Waals surface area contributed by atoms with Crippen molar-refractivity contribution >= 4 is 23.0 Å². The Kier molecular flexibility index (Phi) is 3.79. The van der Waals surface area contributed by atoms with Crippen molar-refractivity contribution in [2.24, 2.45) is 0 Å². The largest absolute Gasteiger partial charge is 0.365 e. The number of anilines is 1. The normalized spacial score (nSPS) is 18.7. The number of aromatic amines is 1. The number of H-pyrrole nitrogens is 1. The summed E-state index contributed by atoms with van der Waals surface area (Å²) in [5.74, 6) is 1.21. The number of aromatic nitrogens is 2. The molecule has 0 bridgehead atoms. The molecule has 1 aromatic carbocycles. The zero-order valence-electron chi connectivity index (χ0n) is 11.3. The Morgan fingerprint density at radius 1 is 1.48 bits per heavy atom. The van der Waals surface area contributed by atoms with Crippen LogP contribution in [-0.2, 0) is 0 Å². The summed E-state index contributed by atoms with van der Waals surface area (Å²) in [6.45, 7) is 1.52. The summed E-state index contributed by atoms with van der Waals surface area (Å²) in [6, 6.07) is 4.83. The number of benzene rings is 1. The Morgan fingerprint density at radius 3 is 3.05 bits per heavy atom. The summed E-state index contributed by atoms with van der Waals surface area (Å²) < 4.78 is 0. The topological polar surface area (TPSA) is 75.1 Å². The molecule has 3 rings (SSSR count). The lowest BCUT2D eigenvalue weighted by atomic mass is 9.96. The minimum atomic E-state index is -0.377. The van der Waals surface area contributed by atoms with E-state index in [0.29, 0.717) is 10.7 Å². The van der Waals surface area contributed by atoms with Gasteiger partial charge in [-0.1, -0.05) is 11.6 Å². The average molecular weight is 307 g/mol. The van der Waals surface area contributed by atoms with E-state index in [4.69, 9.17) is 11.6 Å². The van der Waals surface area contributed by atoms with E-state index in [0.717, 1.165) is 31.8 Å². The lowest BCUT2D eigenvalue weighted by Gasteiger charge is -2.33. The second kappa shape index (κ2) is 5.73. The van der Waals surface area contributed by atoms with Gasteiger partial charge in [-0.25, -0.2) is 4.98 Å². The van der Waals surface area contributed by atoms with Gasteiger partial charge >= 0.3 is 0 Å². The maximum Gasteiger partial charge on any atom is 0.294 e. The summed E-state index contributed by atoms with van der Waals surface area (Å²) in [5.41, 5.74) is 0.684. The third-order valence-corrected chi connectivity index (χ3v) is 4.04. The van der Waals surface area contributed by atoms with Crippen molar-refractivity contribution in [1.82, 2.24) is 9.97 Å². The first-order valence-corrected chi connectivity index (χ1v) is 7.21. The smallest absolute Gasteiger partial charge is 0.294 e. The maximum absolute atomic E-state index is 11.2. The highest BCUT2D eigenvalue weighted by Crippen LogP contribution is 2.35. The van der Waals surface area contributed by atoms with E-state index in [1.165, 1.54) is 6.07 Å². The predicted octanol–water partition coefficient (Wildman–Crippen LogP) is 3.36. The van der Waals surface area contributed by atoms with E-state index in [1.54, 1.807) is 24.5 Å². The number of rotatable bonds is 3. The zero-order valence-corrected chi connectivity index (χ0v) is 12.1. The highest BCUT2D eigenvalue weighted by molar-refractivity contribution is 6.30. The van der Waals surface area contributed by atoms with Gasteiger partial charge in [0, 0.05) is 42.5 Å². The van der Waals surface area contributed by atoms with Gasteiger partial charge in [0.25, 0.3) is 5.69 Å². The van der Waals surface area contributed by atoms with E-state index in [1.807, 2.05) is 4.90 Å². The molecule has 1 atom stereocenters. The molecule has 21 heavy (non-hydrogen) atoms. The molecule has 7 heteroatoms. The Labute approximate surface area is 126 Å². The van der Waals surface area contributed by atoms with Crippen LogP contribution in [0.2, 0.25) is 5.02 Å². The van der Waals surface area contributed by atoms with Crippen molar-refractivity contribution in [1.29, 1.82) is 0 Å². The summed E-state index contributed by atoms with van der Waals surface area (Å²) in [7, 11) is 0. The molecule has 1 unspecified atom stereocenters. The van der Waals surface area contributed by atoms with Crippen LogP contribution in [0.4, 0.5) is 11.4 Å². The summed E-state index contributed by atoms with van der Waals surface area (Å²) >= 11 is 5.87. The first-order chi connectivity index (χ1) is 10.1. The lowest BCUT2D eigenvalue weighted by molar-refractivity contribution is -0.384. The fourth-order valence-corrected chi connectivity index (χ4v) is 3.00. The van der Waals surface area contributed by atoms with Gasteiger partial charge in [-0.3, -0.25) is 10.1 Å². The predicted molar refractivity (Wildman–Crippen MR) is 80.9 cm³/mol. The third kappa shape index (κ3) is 2.85. The second-order valence-corrected chi connectivity index (χ2v) is 5.59. The molecule has 1 aliphatic heterocycles. The van der Waals surface area contributed by atoms with Gasteiger partial charge < -0.3 is 9.88 Å². The summed E-state index contributed by atoms with van der Waals surface area (Å²) in [4.78, 5) is 20.3. The lowest BCUT2D eigenvalue weighted by Crippen LogP contribution is -2.35. The molecule has 0 amide bonds. The van der Waals surface area contributed by atoms with Gasteiger partial charge in [0.2, 0.25) is 0 Å². The van der Waals surface area contributed by atoms with Crippen LogP contribution >= 0.6 is 11.6 Å². The van der Waals surface area contributed by atoms with Gasteiger partial charge in [0.1, 0.15) is 11.5 Å². The molecule has 0 spiro atoms. The molecule has 110 valence electrons. The second-order valence-electron chi connectivity index (χ2n) is 5.15. The van der Waals surface area contributed by atoms with Crippen molar-refractivity contribution in [2.45, 2.75) is 18.8 Å². The molecule has 1 aliphatic rings. The van der Waals surface area contributed by atoms with Gasteiger partial charge in [-0.2, -0.15) is 0 Å². The number of hydrogen-bond donors (Lipinski definition) is 1. The number of halogens is 1. The van der Waals surface area contributed by atoms with E-state index in [2.05, 4.69) is 9.97 Å². The standard InChI is InChI=1S/C14H15ClN4O2/c15-11-3-4-12(13(8-11)19(20)21)18-7-1-2-10(9-18)14-16-5-6-17-14/h3-6,8,10H,1-2,7,9H2,(H,16,17). The van der Waals surface area contributed by atoms with E-state index >= 15 is 0 Å². The van der Waals surface area contributed by atoms with Crippen LogP contribution in [0.3, 0.4) is 0 Å². The fraction of sp³-hybridized carbons (Fsp3) is 0.357. The number of piperidine rings is 1. The van der Waals surface area contributed by atoms with Crippen LogP contribution in [0.15, 0.2) is 30.6 Å². The quantitative estimate of drug-likeness (QED) is 0.697. The first kappa shape index (κ1) is 13.9. The van der Waals surface area contributed by atoms with E-state index in [9.17, 15) is 10.1 Å². The summed E-state index contributed by atoms with van der Waals surface area (Å²) in [6.07, 6.45) is 5.55. The highest BCUT2D eigenvalue weighted by atomic mass is 35.5. The molecular weight excluding hydrogens is 292 g/mol. The SMILES string of the molecule is O=[N+]([O-])c1cc(Cl)ccc1N1CCCC(c2ncc[nH]2)C1. The molecule has 2 aromatic rings. The molecule has 1 aromatic heterocycles. The maximum atomic E-state index is 11.2. The highest BCUT2D eigenvalue weighted by Gasteiger charge is 2.27. The van der Waals surface area contributed by atoms with Crippen LogP contribution in [0.1, 0.15) is 24.6 Å². The number of nitrogens with one attached hydrogen (secondary N) is 1. The number of nitrogens with zero attached hydrogens (tertiary/aromatic N) is 3. The molecule has 1 fully saturated rings. The molecule has 0 saturated carbocycles. The van der Waals surface area contributed by atoms with Crippen molar-refractivity contribution < 1.29 is 4.92 Å². The van der Waals surface area contributed by atoms with Crippen LogP contribution in [0.5, 0.6) is 0 Å². The first-order valence-electron chi connectivity index (χ1n) is 6.83. The Hall–Kier alpha value is -2.08. The Bertz CT molecular complexity index is 644. The number of nitro groups is 1. The van der Waals surface area contributed by atoms with Crippen LogP contribution in [0, 0.1) is 10.1 Å². The van der Waals surface area contributed by atoms with Gasteiger partial charge in [0.05, 0.1) is 4.92 Å². The fourth-order valence-electron chi connectivity index (χ4n) is 2.83. The molecule has 6 nitrogen and oxygen atoms in total. The molecule has 2 heterocycles. The van der Waals surface area contributed by atoms with Crippen molar-refractivity contribution in [2.75, 3.05) is 18.0 Å².